The molecule has 6 heteroatoms. The van der Waals surface area contributed by atoms with Crippen molar-refractivity contribution in [3.05, 3.63) is 16.7 Å². The van der Waals surface area contributed by atoms with Gasteiger partial charge in [0, 0.05) is 0 Å². The maximum absolute atomic E-state index is 11.0. The number of aromatic amines is 2. The number of nitrogen functional groups attached to an aromatic ring is 1. The molecule has 0 unspecified atom stereocenters. The summed E-state index contributed by atoms with van der Waals surface area (Å²) in [6.45, 7) is 0. The third-order valence-corrected chi connectivity index (χ3v) is 1.31. The molecule has 4 N–H and O–H groups in total. The molecule has 0 fully saturated rings. The molecule has 0 aromatic carbocycles. The van der Waals surface area contributed by atoms with Crippen LogP contribution >= 0.6 is 0 Å². The van der Waals surface area contributed by atoms with Crippen LogP contribution in [-0.4, -0.2) is 19.9 Å². The minimum atomic E-state index is -0.301. The molecule has 0 bridgehead atoms. The third-order valence-electron chi connectivity index (χ3n) is 1.31. The van der Waals surface area contributed by atoms with Crippen molar-refractivity contribution in [3.63, 3.8) is 0 Å². The van der Waals surface area contributed by atoms with E-state index >= 15 is 0 Å². The lowest BCUT2D eigenvalue weighted by Gasteiger charge is -1.89. The van der Waals surface area contributed by atoms with Gasteiger partial charge in [-0.1, -0.05) is 0 Å². The molecule has 2 aromatic heterocycles. The molecule has 0 amide bonds. The van der Waals surface area contributed by atoms with Crippen LogP contribution in [0.3, 0.4) is 0 Å². The summed E-state index contributed by atoms with van der Waals surface area (Å²) in [6.07, 6.45) is 1.40. The zero-order valence-electron chi connectivity index (χ0n) is 5.46. The van der Waals surface area contributed by atoms with Crippen LogP contribution in [0.15, 0.2) is 11.1 Å². The van der Waals surface area contributed by atoms with E-state index in [1.165, 1.54) is 6.33 Å². The van der Waals surface area contributed by atoms with Gasteiger partial charge in [0.1, 0.15) is 0 Å². The smallest absolute Gasteiger partial charge is 0.278 e. The Morgan fingerprint density at radius 2 is 2.45 bits per heavy atom. The van der Waals surface area contributed by atoms with Crippen molar-refractivity contribution >= 4 is 17.1 Å². The third kappa shape index (κ3) is 0.759. The summed E-state index contributed by atoms with van der Waals surface area (Å²) in [6, 6.07) is 0. The van der Waals surface area contributed by atoms with Crippen LogP contribution in [0.1, 0.15) is 0 Å². The number of imidazole rings is 1. The average Bonchev–Trinajstić information content (AvgIpc) is 2.34. The minimum absolute atomic E-state index is 0.0783. The summed E-state index contributed by atoms with van der Waals surface area (Å²) < 4.78 is 0. The topological polar surface area (TPSA) is 100 Å². The van der Waals surface area contributed by atoms with E-state index in [1.54, 1.807) is 0 Å². The van der Waals surface area contributed by atoms with E-state index in [-0.39, 0.29) is 11.5 Å². The Labute approximate surface area is 60.5 Å². The van der Waals surface area contributed by atoms with Crippen LogP contribution in [0, 0.1) is 0 Å². The van der Waals surface area contributed by atoms with Gasteiger partial charge in [-0.2, -0.15) is 4.98 Å². The minimum Gasteiger partial charge on any atom is -0.369 e. The zero-order valence-corrected chi connectivity index (χ0v) is 5.46. The number of nitrogens with one attached hydrogen (secondary N) is 2. The van der Waals surface area contributed by atoms with E-state index < -0.39 is 0 Å². The van der Waals surface area contributed by atoms with Crippen LogP contribution < -0.4 is 11.3 Å². The Kier molecular flexibility index (Phi) is 0.974. The first kappa shape index (κ1) is 5.90. The van der Waals surface area contributed by atoms with Crippen molar-refractivity contribution in [1.29, 1.82) is 0 Å². The molecule has 2 heterocycles. The van der Waals surface area contributed by atoms with Crippen LogP contribution in [0.4, 0.5) is 5.95 Å². The van der Waals surface area contributed by atoms with Crippen molar-refractivity contribution in [3.8, 4) is 0 Å². The number of rotatable bonds is 0. The molecule has 0 aliphatic rings. The van der Waals surface area contributed by atoms with Crippen molar-refractivity contribution < 1.29 is 0 Å². The first-order valence-corrected chi connectivity index (χ1v) is 2.96. The molecular formula is C5H5N5O. The van der Waals surface area contributed by atoms with Gasteiger partial charge in [0.2, 0.25) is 5.95 Å². The Morgan fingerprint density at radius 3 is 3.27 bits per heavy atom. The fraction of sp³-hybridized carbons (Fsp3) is 0. The summed E-state index contributed by atoms with van der Waals surface area (Å²) in [5, 5.41) is 0. The van der Waals surface area contributed by atoms with Crippen LogP contribution in [0.5, 0.6) is 0 Å². The molecule has 0 saturated carbocycles. The van der Waals surface area contributed by atoms with Gasteiger partial charge in [-0.05, 0) is 0 Å². The van der Waals surface area contributed by atoms with E-state index in [1.807, 2.05) is 0 Å². The number of hydrogen-bond acceptors (Lipinski definition) is 4. The van der Waals surface area contributed by atoms with Gasteiger partial charge >= 0.3 is 0 Å². The quantitative estimate of drug-likeness (QED) is 0.462. The van der Waals surface area contributed by atoms with Gasteiger partial charge in [0.25, 0.3) is 5.56 Å². The van der Waals surface area contributed by atoms with E-state index in [9.17, 15) is 4.79 Å². The van der Waals surface area contributed by atoms with Gasteiger partial charge in [0.05, 0.1) is 6.33 Å². The predicted molar refractivity (Wildman–Crippen MR) is 38.9 cm³/mol. The van der Waals surface area contributed by atoms with E-state index in [2.05, 4.69) is 19.9 Å². The monoisotopic (exact) mass is 153 g/mol. The molecule has 56 valence electrons. The normalized spacial score (nSPS) is 10.5. The van der Waals surface area contributed by atoms with Crippen molar-refractivity contribution in [2.24, 2.45) is 0 Å². The lowest BCUT2D eigenvalue weighted by Crippen LogP contribution is -2.10. The molecular weight excluding hydrogens is 148 g/mol. The summed E-state index contributed by atoms with van der Waals surface area (Å²) in [7, 11) is 0. The van der Waals surface area contributed by atoms with E-state index in [0.29, 0.717) is 11.2 Å². The van der Waals surface area contributed by atoms with Crippen LogP contribution in [0.2, 0.25) is 0 Å². The molecule has 11 heavy (non-hydrogen) atoms. The lowest BCUT2D eigenvalue weighted by molar-refractivity contribution is 1.17. The van der Waals surface area contributed by atoms with Gasteiger partial charge in [0.15, 0.2) is 11.2 Å². The highest BCUT2D eigenvalue weighted by molar-refractivity contribution is 5.69. The van der Waals surface area contributed by atoms with Crippen molar-refractivity contribution in [1.82, 2.24) is 19.9 Å². The second-order valence-corrected chi connectivity index (χ2v) is 2.05. The molecule has 0 aliphatic heterocycles. The summed E-state index contributed by atoms with van der Waals surface area (Å²) >= 11 is 0. The number of hydrogen-bond donors (Lipinski definition) is 3. The van der Waals surface area contributed by atoms with Crippen molar-refractivity contribution in [2.75, 3.05) is 5.73 Å². The Hall–Kier alpha value is -1.85. The zero-order chi connectivity index (χ0) is 7.84. The average molecular weight is 153 g/mol. The highest BCUT2D eigenvalue weighted by Gasteiger charge is 2.01. The van der Waals surface area contributed by atoms with Crippen LogP contribution in [0.25, 0.3) is 11.2 Å². The predicted octanol–water partition coefficient (Wildman–Crippen LogP) is -0.772. The Bertz CT molecular complexity index is 441. The van der Waals surface area contributed by atoms with Gasteiger partial charge in [-0.3, -0.25) is 9.78 Å². The number of anilines is 1. The van der Waals surface area contributed by atoms with Gasteiger partial charge < -0.3 is 10.7 Å². The first-order chi connectivity index (χ1) is 5.27. The molecule has 0 radical (unpaired) electrons. The molecule has 6 nitrogen and oxygen atoms in total. The molecule has 2 rings (SSSR count). The molecule has 0 aliphatic carbocycles. The number of aromatic nitrogens is 4. The largest absolute Gasteiger partial charge is 0.369 e. The number of nitrogens with zero attached hydrogens (tertiary/aromatic N) is 2. The number of H-pyrrole nitrogens is 2. The molecule has 2 aromatic rings. The Balaban J connectivity index is 3.02. The van der Waals surface area contributed by atoms with Crippen LogP contribution in [-0.2, 0) is 0 Å². The van der Waals surface area contributed by atoms with Crippen molar-refractivity contribution in [2.45, 2.75) is 0 Å². The second-order valence-electron chi connectivity index (χ2n) is 2.05. The highest BCUT2D eigenvalue weighted by atomic mass is 16.1. The standard InChI is InChI=1S/C5H5N5O/c6-5-9-3-2(4(11)10-5)7-1-8-3/h1H,(H4,6,7,8,9,10,11)/i5+2. The summed E-state index contributed by atoms with van der Waals surface area (Å²) in [5.41, 5.74) is 5.65. The maximum atomic E-state index is 11.0. The van der Waals surface area contributed by atoms with E-state index in [0.717, 1.165) is 0 Å². The number of nitrogens with two attached hydrogens (primary N) is 1. The first-order valence-electron chi connectivity index (χ1n) is 2.96. The highest BCUT2D eigenvalue weighted by Crippen LogP contribution is 1.98. The van der Waals surface area contributed by atoms with Gasteiger partial charge in [-0.25, -0.2) is 4.98 Å². The SMILES string of the molecule is N[14c]1nc2nc[nH]c2c(=O)[nH]1. The molecule has 0 saturated heterocycles. The van der Waals surface area contributed by atoms with E-state index in [4.69, 9.17) is 5.73 Å². The van der Waals surface area contributed by atoms with Gasteiger partial charge in [-0.15, -0.1) is 0 Å². The number of fused-ring (bicyclic) bond motifs is 1. The molecule has 0 spiro atoms. The lowest BCUT2D eigenvalue weighted by atomic mass is 10.6. The Morgan fingerprint density at radius 1 is 1.64 bits per heavy atom. The fourth-order valence-electron chi connectivity index (χ4n) is 0.860. The fourth-order valence-corrected chi connectivity index (χ4v) is 0.860. The second kappa shape index (κ2) is 1.82. The summed E-state index contributed by atoms with van der Waals surface area (Å²) in [4.78, 5) is 23.5. The molecule has 0 atom stereocenters. The summed E-state index contributed by atoms with van der Waals surface area (Å²) in [5.74, 6) is 0.0783. The maximum Gasteiger partial charge on any atom is 0.278 e.